The Balaban J connectivity index is 1.50. The van der Waals surface area contributed by atoms with E-state index in [1.165, 1.54) is 25.9 Å². The molecule has 2 aliphatic heterocycles. The van der Waals surface area contributed by atoms with Crippen molar-refractivity contribution in [1.29, 1.82) is 0 Å². The van der Waals surface area contributed by atoms with Gasteiger partial charge in [0.1, 0.15) is 0 Å². The van der Waals surface area contributed by atoms with Gasteiger partial charge in [-0.15, -0.1) is 0 Å². The van der Waals surface area contributed by atoms with Crippen molar-refractivity contribution in [2.24, 2.45) is 23.7 Å². The standard InChI is InChI=1S/C13H22N2O/c1-15-3-2-11-10(6-15)7-4-8(7)13(14-11)9-5-12(9)16/h7-14,16H,2-6H2,1H3. The highest BCUT2D eigenvalue weighted by Gasteiger charge is 2.59. The largest absolute Gasteiger partial charge is 0.393 e. The number of rotatable bonds is 1. The van der Waals surface area contributed by atoms with Crippen molar-refractivity contribution in [3.8, 4) is 0 Å². The van der Waals surface area contributed by atoms with E-state index in [1.807, 2.05) is 0 Å². The maximum Gasteiger partial charge on any atom is 0.0588 e. The molecule has 90 valence electrons. The van der Waals surface area contributed by atoms with Crippen LogP contribution in [-0.2, 0) is 0 Å². The molecule has 7 unspecified atom stereocenters. The normalized spacial score (nSPS) is 60.0. The van der Waals surface area contributed by atoms with Crippen LogP contribution >= 0.6 is 0 Å². The monoisotopic (exact) mass is 222 g/mol. The highest BCUT2D eigenvalue weighted by atomic mass is 16.3. The van der Waals surface area contributed by atoms with Crippen LogP contribution in [0.5, 0.6) is 0 Å². The summed E-state index contributed by atoms with van der Waals surface area (Å²) in [6.45, 7) is 2.53. The molecule has 0 bridgehead atoms. The smallest absolute Gasteiger partial charge is 0.0588 e. The molecule has 2 heterocycles. The molecule has 0 aromatic rings. The van der Waals surface area contributed by atoms with Gasteiger partial charge in [-0.1, -0.05) is 0 Å². The maximum absolute atomic E-state index is 9.60. The van der Waals surface area contributed by atoms with Crippen molar-refractivity contribution in [1.82, 2.24) is 10.2 Å². The zero-order valence-electron chi connectivity index (χ0n) is 9.97. The quantitative estimate of drug-likeness (QED) is 0.669. The zero-order chi connectivity index (χ0) is 10.9. The zero-order valence-corrected chi connectivity index (χ0v) is 9.97. The first-order valence-electron chi connectivity index (χ1n) is 6.86. The second kappa shape index (κ2) is 3.21. The predicted octanol–water partition coefficient (Wildman–Crippen LogP) is 0.295. The Hall–Kier alpha value is -0.120. The SMILES string of the molecule is CN1CCC2NC(C3CC3O)C3CC3C2C1. The molecule has 2 saturated carbocycles. The van der Waals surface area contributed by atoms with Crippen LogP contribution in [0.25, 0.3) is 0 Å². The number of hydrogen-bond donors (Lipinski definition) is 2. The van der Waals surface area contributed by atoms with Crippen molar-refractivity contribution in [2.45, 2.75) is 37.5 Å². The lowest BCUT2D eigenvalue weighted by atomic mass is 9.81. The Morgan fingerprint density at radius 1 is 1.12 bits per heavy atom. The van der Waals surface area contributed by atoms with Crippen molar-refractivity contribution in [3.05, 3.63) is 0 Å². The first kappa shape index (κ1) is 9.86. The molecule has 4 fully saturated rings. The van der Waals surface area contributed by atoms with Gasteiger partial charge in [0.15, 0.2) is 0 Å². The summed E-state index contributed by atoms with van der Waals surface area (Å²) in [5.41, 5.74) is 0. The molecule has 3 nitrogen and oxygen atoms in total. The van der Waals surface area contributed by atoms with Gasteiger partial charge in [-0.2, -0.15) is 0 Å². The average molecular weight is 222 g/mol. The molecular weight excluding hydrogens is 200 g/mol. The molecule has 0 aromatic carbocycles. The van der Waals surface area contributed by atoms with E-state index in [1.54, 1.807) is 0 Å². The number of piperidine rings is 2. The lowest BCUT2D eigenvalue weighted by Gasteiger charge is -2.43. The van der Waals surface area contributed by atoms with Crippen LogP contribution in [0, 0.1) is 23.7 Å². The van der Waals surface area contributed by atoms with Crippen LogP contribution in [-0.4, -0.2) is 48.3 Å². The van der Waals surface area contributed by atoms with Crippen molar-refractivity contribution < 1.29 is 5.11 Å². The van der Waals surface area contributed by atoms with Crippen LogP contribution in [0.2, 0.25) is 0 Å². The third-order valence-corrected chi connectivity index (χ3v) is 5.44. The van der Waals surface area contributed by atoms with Gasteiger partial charge in [0.05, 0.1) is 6.10 Å². The van der Waals surface area contributed by atoms with Crippen LogP contribution in [0.3, 0.4) is 0 Å². The van der Waals surface area contributed by atoms with E-state index in [4.69, 9.17) is 0 Å². The number of likely N-dealkylation sites (tertiary alicyclic amines) is 1. The molecule has 0 aromatic heterocycles. The Labute approximate surface area is 97.2 Å². The summed E-state index contributed by atoms with van der Waals surface area (Å²) in [6.07, 6.45) is 3.80. The summed E-state index contributed by atoms with van der Waals surface area (Å²) in [5, 5.41) is 13.5. The molecule has 0 radical (unpaired) electrons. The topological polar surface area (TPSA) is 35.5 Å². The third-order valence-electron chi connectivity index (χ3n) is 5.44. The predicted molar refractivity (Wildman–Crippen MR) is 62.0 cm³/mol. The Morgan fingerprint density at radius 2 is 1.94 bits per heavy atom. The minimum atomic E-state index is 0.0153. The molecule has 0 spiro atoms. The highest BCUT2D eigenvalue weighted by molar-refractivity contribution is 5.13. The summed E-state index contributed by atoms with van der Waals surface area (Å²) < 4.78 is 0. The van der Waals surface area contributed by atoms with Crippen molar-refractivity contribution in [3.63, 3.8) is 0 Å². The van der Waals surface area contributed by atoms with Gasteiger partial charge in [0, 0.05) is 24.5 Å². The van der Waals surface area contributed by atoms with Crippen LogP contribution in [0.4, 0.5) is 0 Å². The number of aliphatic hydroxyl groups is 1. The molecule has 3 heteroatoms. The summed E-state index contributed by atoms with van der Waals surface area (Å²) in [7, 11) is 2.25. The Morgan fingerprint density at radius 3 is 2.69 bits per heavy atom. The van der Waals surface area contributed by atoms with E-state index < -0.39 is 0 Å². The number of fused-ring (bicyclic) bond motifs is 3. The third kappa shape index (κ3) is 1.38. The minimum absolute atomic E-state index is 0.0153. The van der Waals surface area contributed by atoms with Gasteiger partial charge in [-0.05, 0) is 50.6 Å². The van der Waals surface area contributed by atoms with Gasteiger partial charge >= 0.3 is 0 Å². The molecule has 0 amide bonds. The van der Waals surface area contributed by atoms with Crippen LogP contribution in [0.15, 0.2) is 0 Å². The van der Waals surface area contributed by atoms with E-state index in [9.17, 15) is 5.11 Å². The van der Waals surface area contributed by atoms with E-state index in [-0.39, 0.29) is 6.10 Å². The number of nitrogens with zero attached hydrogens (tertiary/aromatic N) is 1. The Kier molecular flexibility index (Phi) is 1.98. The number of aliphatic hydroxyl groups excluding tert-OH is 1. The fourth-order valence-electron chi connectivity index (χ4n) is 4.33. The average Bonchev–Trinajstić information content (AvgIpc) is 3.12. The van der Waals surface area contributed by atoms with E-state index in [0.717, 1.165) is 30.2 Å². The molecule has 2 N–H and O–H groups in total. The molecule has 2 saturated heterocycles. The highest BCUT2D eigenvalue weighted by Crippen LogP contribution is 2.56. The molecule has 2 aliphatic carbocycles. The van der Waals surface area contributed by atoms with Gasteiger partial charge < -0.3 is 15.3 Å². The van der Waals surface area contributed by atoms with Crippen molar-refractivity contribution in [2.75, 3.05) is 20.1 Å². The second-order valence-electron chi connectivity index (χ2n) is 6.54. The summed E-state index contributed by atoms with van der Waals surface area (Å²) in [5.74, 6) is 3.37. The summed E-state index contributed by atoms with van der Waals surface area (Å²) in [4.78, 5) is 2.49. The summed E-state index contributed by atoms with van der Waals surface area (Å²) >= 11 is 0. The molecule has 4 aliphatic rings. The van der Waals surface area contributed by atoms with E-state index >= 15 is 0 Å². The number of nitrogens with one attached hydrogen (secondary N) is 1. The molecule has 16 heavy (non-hydrogen) atoms. The first-order chi connectivity index (χ1) is 7.74. The lowest BCUT2D eigenvalue weighted by molar-refractivity contribution is 0.0957. The number of hydrogen-bond acceptors (Lipinski definition) is 3. The van der Waals surface area contributed by atoms with Crippen molar-refractivity contribution >= 4 is 0 Å². The maximum atomic E-state index is 9.60. The van der Waals surface area contributed by atoms with Gasteiger partial charge in [-0.3, -0.25) is 0 Å². The first-order valence-corrected chi connectivity index (χ1v) is 6.86. The van der Waals surface area contributed by atoms with Gasteiger partial charge in [-0.25, -0.2) is 0 Å². The van der Waals surface area contributed by atoms with E-state index in [0.29, 0.717) is 12.0 Å². The van der Waals surface area contributed by atoms with Crippen LogP contribution < -0.4 is 5.32 Å². The fraction of sp³-hybridized carbons (Fsp3) is 1.00. The van der Waals surface area contributed by atoms with Crippen LogP contribution in [0.1, 0.15) is 19.3 Å². The van der Waals surface area contributed by atoms with Gasteiger partial charge in [0.25, 0.3) is 0 Å². The minimum Gasteiger partial charge on any atom is -0.393 e. The molecule has 4 rings (SSSR count). The Bertz CT molecular complexity index is 308. The molecular formula is C13H22N2O. The summed E-state index contributed by atoms with van der Waals surface area (Å²) in [6, 6.07) is 1.41. The lowest BCUT2D eigenvalue weighted by Crippen LogP contribution is -2.56. The fourth-order valence-corrected chi connectivity index (χ4v) is 4.33. The van der Waals surface area contributed by atoms with E-state index in [2.05, 4.69) is 17.3 Å². The van der Waals surface area contributed by atoms with Gasteiger partial charge in [0.2, 0.25) is 0 Å². The molecule has 7 atom stereocenters. The second-order valence-corrected chi connectivity index (χ2v) is 6.54.